The second-order valence-electron chi connectivity index (χ2n) is 5.97. The van der Waals surface area contributed by atoms with Gasteiger partial charge in [-0.25, -0.2) is 4.98 Å². The van der Waals surface area contributed by atoms with Crippen LogP contribution in [-0.2, 0) is 4.79 Å². The maximum atomic E-state index is 11.8. The van der Waals surface area contributed by atoms with E-state index in [1.807, 2.05) is 12.3 Å². The smallest absolute Gasteiger partial charge is 0.244 e. The van der Waals surface area contributed by atoms with Gasteiger partial charge < -0.3 is 10.2 Å². The van der Waals surface area contributed by atoms with Crippen molar-refractivity contribution in [3.8, 4) is 0 Å². The first-order valence-corrected chi connectivity index (χ1v) is 8.54. The highest BCUT2D eigenvalue weighted by molar-refractivity contribution is 7.09. The Morgan fingerprint density at radius 3 is 3.10 bits per heavy atom. The van der Waals surface area contributed by atoms with Gasteiger partial charge in [0.1, 0.15) is 0 Å². The van der Waals surface area contributed by atoms with E-state index in [1.54, 1.807) is 23.5 Å². The Morgan fingerprint density at radius 1 is 1.62 bits per heavy atom. The van der Waals surface area contributed by atoms with E-state index in [9.17, 15) is 4.79 Å². The standard InChI is InChI=1S/C16H25N3OS/c1-12(2)19-8-4-5-14(10-19)9-17-16(20)7-6-15-11-21-13(3)18-15/h6-7,11-12,14H,4-5,8-10H2,1-3H3,(H,17,20)/b7-6+/t14-/m1/s1. The molecule has 0 bridgehead atoms. The summed E-state index contributed by atoms with van der Waals surface area (Å²) in [5.41, 5.74) is 0.858. The number of thiazole rings is 1. The van der Waals surface area contributed by atoms with Crippen LogP contribution in [0.5, 0.6) is 0 Å². The maximum Gasteiger partial charge on any atom is 0.244 e. The van der Waals surface area contributed by atoms with Crippen LogP contribution in [0.3, 0.4) is 0 Å². The van der Waals surface area contributed by atoms with Crippen LogP contribution in [0.15, 0.2) is 11.5 Å². The fourth-order valence-electron chi connectivity index (χ4n) is 2.65. The lowest BCUT2D eigenvalue weighted by atomic mass is 9.97. The summed E-state index contributed by atoms with van der Waals surface area (Å²) in [5.74, 6) is 0.544. The van der Waals surface area contributed by atoms with Crippen LogP contribution in [0.25, 0.3) is 6.08 Å². The van der Waals surface area contributed by atoms with Crippen LogP contribution in [-0.4, -0.2) is 41.5 Å². The van der Waals surface area contributed by atoms with Crippen molar-refractivity contribution in [2.75, 3.05) is 19.6 Å². The van der Waals surface area contributed by atoms with Gasteiger partial charge in [-0.3, -0.25) is 4.79 Å². The summed E-state index contributed by atoms with van der Waals surface area (Å²) in [6.45, 7) is 9.48. The minimum Gasteiger partial charge on any atom is -0.352 e. The number of nitrogens with one attached hydrogen (secondary N) is 1. The third kappa shape index (κ3) is 5.25. The van der Waals surface area contributed by atoms with Gasteiger partial charge in [-0.1, -0.05) is 0 Å². The van der Waals surface area contributed by atoms with Crippen LogP contribution in [0.1, 0.15) is 37.4 Å². The summed E-state index contributed by atoms with van der Waals surface area (Å²) in [6, 6.07) is 0.594. The zero-order valence-electron chi connectivity index (χ0n) is 13.1. The molecule has 5 heteroatoms. The molecule has 21 heavy (non-hydrogen) atoms. The molecule has 0 radical (unpaired) electrons. The predicted molar refractivity (Wildman–Crippen MR) is 88.3 cm³/mol. The average molecular weight is 307 g/mol. The van der Waals surface area contributed by atoms with E-state index in [0.29, 0.717) is 12.0 Å². The molecular weight excluding hydrogens is 282 g/mol. The molecule has 4 nitrogen and oxygen atoms in total. The van der Waals surface area contributed by atoms with Gasteiger partial charge in [-0.05, 0) is 52.2 Å². The number of nitrogens with zero attached hydrogens (tertiary/aromatic N) is 2. The quantitative estimate of drug-likeness (QED) is 0.851. The number of hydrogen-bond acceptors (Lipinski definition) is 4. The summed E-state index contributed by atoms with van der Waals surface area (Å²) in [5, 5.41) is 5.99. The van der Waals surface area contributed by atoms with Gasteiger partial charge in [0.05, 0.1) is 10.7 Å². The highest BCUT2D eigenvalue weighted by Gasteiger charge is 2.21. The SMILES string of the molecule is Cc1nc(/C=C/C(=O)NC[C@H]2CCCN(C(C)C)C2)cs1. The molecule has 2 rings (SSSR count). The van der Waals surface area contributed by atoms with Crippen molar-refractivity contribution in [2.45, 2.75) is 39.7 Å². The van der Waals surface area contributed by atoms with Gasteiger partial charge >= 0.3 is 0 Å². The molecule has 1 atom stereocenters. The third-order valence-corrected chi connectivity index (χ3v) is 4.68. The van der Waals surface area contributed by atoms with E-state index < -0.39 is 0 Å². The van der Waals surface area contributed by atoms with E-state index >= 15 is 0 Å². The van der Waals surface area contributed by atoms with Crippen molar-refractivity contribution in [2.24, 2.45) is 5.92 Å². The number of amides is 1. The number of aromatic nitrogens is 1. The van der Waals surface area contributed by atoms with Gasteiger partial charge in [0.2, 0.25) is 5.91 Å². The fourth-order valence-corrected chi connectivity index (χ4v) is 3.24. The van der Waals surface area contributed by atoms with Crippen molar-refractivity contribution < 1.29 is 4.79 Å². The highest BCUT2D eigenvalue weighted by Crippen LogP contribution is 2.17. The van der Waals surface area contributed by atoms with Crippen molar-refractivity contribution >= 4 is 23.3 Å². The number of aryl methyl sites for hydroxylation is 1. The Morgan fingerprint density at radius 2 is 2.43 bits per heavy atom. The van der Waals surface area contributed by atoms with Crippen molar-refractivity contribution in [3.05, 3.63) is 22.2 Å². The van der Waals surface area contributed by atoms with Gasteiger partial charge in [0.25, 0.3) is 0 Å². The second-order valence-corrected chi connectivity index (χ2v) is 7.03. The van der Waals surface area contributed by atoms with Crippen LogP contribution in [0.2, 0.25) is 0 Å². The molecule has 0 spiro atoms. The summed E-state index contributed by atoms with van der Waals surface area (Å²) in [4.78, 5) is 18.6. The number of hydrogen-bond donors (Lipinski definition) is 1. The Kier molecular flexibility index (Phi) is 5.94. The minimum atomic E-state index is -0.0256. The number of carbonyl (C=O) groups excluding carboxylic acids is 1. The van der Waals surface area contributed by atoms with Crippen LogP contribution in [0, 0.1) is 12.8 Å². The zero-order valence-corrected chi connectivity index (χ0v) is 13.9. The topological polar surface area (TPSA) is 45.2 Å². The molecule has 1 saturated heterocycles. The molecule has 116 valence electrons. The zero-order chi connectivity index (χ0) is 15.2. The Labute approximate surface area is 131 Å². The molecule has 0 unspecified atom stereocenters. The molecule has 0 aromatic carbocycles. The van der Waals surface area contributed by atoms with Gasteiger partial charge in [-0.15, -0.1) is 11.3 Å². The first kappa shape index (κ1) is 16.2. The lowest BCUT2D eigenvalue weighted by molar-refractivity contribution is -0.116. The van der Waals surface area contributed by atoms with Crippen molar-refractivity contribution in [1.29, 1.82) is 0 Å². The molecule has 0 aliphatic carbocycles. The second kappa shape index (κ2) is 7.71. The number of likely N-dealkylation sites (tertiary alicyclic amines) is 1. The summed E-state index contributed by atoms with van der Waals surface area (Å²) in [7, 11) is 0. The molecule has 1 N–H and O–H groups in total. The van der Waals surface area contributed by atoms with Crippen LogP contribution >= 0.6 is 11.3 Å². The Balaban J connectivity index is 1.74. The van der Waals surface area contributed by atoms with E-state index in [1.165, 1.54) is 19.4 Å². The van der Waals surface area contributed by atoms with Crippen LogP contribution < -0.4 is 5.32 Å². The van der Waals surface area contributed by atoms with Gasteiger partial charge in [0, 0.05) is 30.6 Å². The lowest BCUT2D eigenvalue weighted by Gasteiger charge is -2.35. The number of carbonyl (C=O) groups is 1. The average Bonchev–Trinajstić information content (AvgIpc) is 2.89. The summed E-state index contributed by atoms with van der Waals surface area (Å²) >= 11 is 1.60. The van der Waals surface area contributed by atoms with Crippen molar-refractivity contribution in [3.63, 3.8) is 0 Å². The van der Waals surface area contributed by atoms with Crippen LogP contribution in [0.4, 0.5) is 0 Å². The largest absolute Gasteiger partial charge is 0.352 e. The first-order valence-electron chi connectivity index (χ1n) is 7.66. The first-order chi connectivity index (χ1) is 10.0. The van der Waals surface area contributed by atoms with Gasteiger partial charge in [-0.2, -0.15) is 0 Å². The summed E-state index contributed by atoms with van der Waals surface area (Å²) < 4.78 is 0. The molecule has 1 amide bonds. The molecule has 2 heterocycles. The fraction of sp³-hybridized carbons (Fsp3) is 0.625. The highest BCUT2D eigenvalue weighted by atomic mass is 32.1. The minimum absolute atomic E-state index is 0.0256. The lowest BCUT2D eigenvalue weighted by Crippen LogP contribution is -2.43. The Hall–Kier alpha value is -1.20. The predicted octanol–water partition coefficient (Wildman–Crippen LogP) is 2.70. The van der Waals surface area contributed by atoms with E-state index in [4.69, 9.17) is 0 Å². The molecule has 1 aliphatic heterocycles. The number of piperidine rings is 1. The maximum absolute atomic E-state index is 11.8. The normalized spacial score (nSPS) is 20.3. The van der Waals surface area contributed by atoms with E-state index in [0.717, 1.165) is 23.8 Å². The monoisotopic (exact) mass is 307 g/mol. The van der Waals surface area contributed by atoms with Crippen molar-refractivity contribution in [1.82, 2.24) is 15.2 Å². The van der Waals surface area contributed by atoms with E-state index in [-0.39, 0.29) is 5.91 Å². The molecule has 1 aliphatic rings. The number of rotatable bonds is 5. The molecule has 1 aromatic heterocycles. The third-order valence-electron chi connectivity index (χ3n) is 3.89. The Bertz CT molecular complexity index is 495. The van der Waals surface area contributed by atoms with E-state index in [2.05, 4.69) is 29.0 Å². The molecular formula is C16H25N3OS. The summed E-state index contributed by atoms with van der Waals surface area (Å²) in [6.07, 6.45) is 5.79. The molecule has 1 fully saturated rings. The van der Waals surface area contributed by atoms with Gasteiger partial charge in [0.15, 0.2) is 0 Å². The molecule has 0 saturated carbocycles. The molecule has 1 aromatic rings.